The Hall–Kier alpha value is -2.50. The molecule has 4 N–H and O–H groups in total. The average molecular weight is 352 g/mol. The van der Waals surface area contributed by atoms with Crippen molar-refractivity contribution >= 4 is 11.4 Å². The van der Waals surface area contributed by atoms with E-state index in [1.165, 1.54) is 5.56 Å². The topological polar surface area (TPSA) is 64.8 Å². The number of nitrogens with one attached hydrogen (secondary N) is 1. The maximum Gasteiger partial charge on any atom is 0.140 e. The highest BCUT2D eigenvalue weighted by atomic mass is 16.3. The van der Waals surface area contributed by atoms with Gasteiger partial charge in [0, 0.05) is 56.2 Å². The predicted molar refractivity (Wildman–Crippen MR) is 108 cm³/mol. The average Bonchev–Trinajstić information content (AvgIpc) is 2.65. The molecule has 1 saturated heterocycles. The summed E-state index contributed by atoms with van der Waals surface area (Å²) in [6, 6.07) is 16.0. The lowest BCUT2D eigenvalue weighted by Crippen LogP contribution is -2.50. The van der Waals surface area contributed by atoms with Gasteiger partial charge in [-0.05, 0) is 24.6 Å². The summed E-state index contributed by atoms with van der Waals surface area (Å²) in [5, 5.41) is 13.0. The fraction of sp³-hybridized carbons (Fsp3) is 0.333. The Morgan fingerprint density at radius 2 is 1.85 bits per heavy atom. The van der Waals surface area contributed by atoms with Crippen LogP contribution in [0.4, 0.5) is 11.4 Å². The van der Waals surface area contributed by atoms with Gasteiger partial charge in [-0.15, -0.1) is 0 Å². The van der Waals surface area contributed by atoms with Crippen LogP contribution in [0.15, 0.2) is 60.8 Å². The number of phenols is 1. The Morgan fingerprint density at radius 3 is 2.50 bits per heavy atom. The van der Waals surface area contributed by atoms with Crippen LogP contribution >= 0.6 is 0 Å². The molecule has 1 atom stereocenters. The van der Waals surface area contributed by atoms with Crippen molar-refractivity contribution in [3.8, 4) is 5.75 Å². The number of anilines is 2. The Labute approximate surface area is 155 Å². The molecule has 26 heavy (non-hydrogen) atoms. The number of hydrogen-bond acceptors (Lipinski definition) is 5. The molecule has 2 aromatic rings. The second kappa shape index (κ2) is 8.25. The summed E-state index contributed by atoms with van der Waals surface area (Å²) < 4.78 is 0. The van der Waals surface area contributed by atoms with Gasteiger partial charge in [-0.25, -0.2) is 0 Å². The third-order valence-corrected chi connectivity index (χ3v) is 5.04. The minimum Gasteiger partial charge on any atom is -0.506 e. The quantitative estimate of drug-likeness (QED) is 0.551. The van der Waals surface area contributed by atoms with Crippen LogP contribution in [-0.4, -0.2) is 47.1 Å². The van der Waals surface area contributed by atoms with Crippen LogP contribution in [0.1, 0.15) is 12.5 Å². The SMILES string of the molecule is C=C(Nc1ccc(N)c(O)c1)C(C)N1CCN(Cc2ccccc2)CC1. The molecule has 1 heterocycles. The van der Waals surface area contributed by atoms with E-state index in [9.17, 15) is 5.11 Å². The molecular weight excluding hydrogens is 324 g/mol. The molecule has 0 spiro atoms. The number of benzene rings is 2. The van der Waals surface area contributed by atoms with Crippen molar-refractivity contribution in [2.45, 2.75) is 19.5 Å². The van der Waals surface area contributed by atoms with Crippen LogP contribution in [0.2, 0.25) is 0 Å². The fourth-order valence-corrected chi connectivity index (χ4v) is 3.28. The molecule has 0 radical (unpaired) electrons. The van der Waals surface area contributed by atoms with Gasteiger partial charge in [0.25, 0.3) is 0 Å². The Kier molecular flexibility index (Phi) is 5.81. The van der Waals surface area contributed by atoms with Crippen LogP contribution in [0.3, 0.4) is 0 Å². The van der Waals surface area contributed by atoms with Gasteiger partial charge in [0.2, 0.25) is 0 Å². The molecule has 1 aliphatic rings. The maximum atomic E-state index is 9.74. The number of nitrogen functional groups attached to an aromatic ring is 1. The van der Waals surface area contributed by atoms with Gasteiger partial charge in [-0.3, -0.25) is 9.80 Å². The van der Waals surface area contributed by atoms with Crippen molar-refractivity contribution < 1.29 is 5.11 Å². The second-order valence-corrected chi connectivity index (χ2v) is 6.90. The van der Waals surface area contributed by atoms with Crippen molar-refractivity contribution in [3.05, 3.63) is 66.4 Å². The molecule has 1 unspecified atom stereocenters. The van der Waals surface area contributed by atoms with Crippen LogP contribution < -0.4 is 11.1 Å². The van der Waals surface area contributed by atoms with E-state index < -0.39 is 0 Å². The first-order valence-electron chi connectivity index (χ1n) is 9.07. The largest absolute Gasteiger partial charge is 0.506 e. The molecule has 5 heteroatoms. The third kappa shape index (κ3) is 4.56. The number of hydrogen-bond donors (Lipinski definition) is 3. The van der Waals surface area contributed by atoms with Gasteiger partial charge in [-0.1, -0.05) is 36.9 Å². The molecular formula is C21H28N4O. The van der Waals surface area contributed by atoms with Crippen molar-refractivity contribution in [1.29, 1.82) is 0 Å². The number of phenolic OH excluding ortho intramolecular Hbond substituents is 1. The van der Waals surface area contributed by atoms with E-state index in [1.54, 1.807) is 12.1 Å². The highest BCUT2D eigenvalue weighted by Crippen LogP contribution is 2.25. The van der Waals surface area contributed by atoms with Crippen LogP contribution in [0, 0.1) is 0 Å². The molecule has 138 valence electrons. The van der Waals surface area contributed by atoms with Crippen LogP contribution in [0.25, 0.3) is 0 Å². The Balaban J connectivity index is 1.50. The summed E-state index contributed by atoms with van der Waals surface area (Å²) >= 11 is 0. The number of nitrogens with two attached hydrogens (primary N) is 1. The molecule has 0 aromatic heterocycles. The molecule has 3 rings (SSSR count). The van der Waals surface area contributed by atoms with Crippen LogP contribution in [0.5, 0.6) is 5.75 Å². The predicted octanol–water partition coefficient (Wildman–Crippen LogP) is 3.11. The molecule has 5 nitrogen and oxygen atoms in total. The number of aromatic hydroxyl groups is 1. The maximum absolute atomic E-state index is 9.74. The molecule has 0 amide bonds. The molecule has 0 aliphatic carbocycles. The van der Waals surface area contributed by atoms with E-state index in [4.69, 9.17) is 5.73 Å². The van der Waals surface area contributed by atoms with Crippen molar-refractivity contribution in [2.75, 3.05) is 37.2 Å². The van der Waals surface area contributed by atoms with E-state index in [2.05, 4.69) is 59.0 Å². The molecule has 2 aromatic carbocycles. The monoisotopic (exact) mass is 352 g/mol. The first-order chi connectivity index (χ1) is 12.5. The Bertz CT molecular complexity index is 739. The summed E-state index contributed by atoms with van der Waals surface area (Å²) in [6.07, 6.45) is 0. The summed E-state index contributed by atoms with van der Waals surface area (Å²) in [4.78, 5) is 4.93. The minimum atomic E-state index is 0.0879. The molecule has 0 bridgehead atoms. The van der Waals surface area contributed by atoms with Crippen molar-refractivity contribution in [2.24, 2.45) is 0 Å². The van der Waals surface area contributed by atoms with E-state index in [0.717, 1.165) is 44.1 Å². The summed E-state index contributed by atoms with van der Waals surface area (Å²) in [6.45, 7) is 11.5. The summed E-state index contributed by atoms with van der Waals surface area (Å²) in [7, 11) is 0. The van der Waals surface area contributed by atoms with Gasteiger partial charge in [0.15, 0.2) is 0 Å². The molecule has 1 fully saturated rings. The lowest BCUT2D eigenvalue weighted by molar-refractivity contribution is 0.109. The van der Waals surface area contributed by atoms with Gasteiger partial charge < -0.3 is 16.2 Å². The zero-order valence-corrected chi connectivity index (χ0v) is 15.4. The fourth-order valence-electron chi connectivity index (χ4n) is 3.28. The number of rotatable bonds is 6. The number of nitrogens with zero attached hydrogens (tertiary/aromatic N) is 2. The Morgan fingerprint density at radius 1 is 1.15 bits per heavy atom. The standard InChI is InChI=1S/C21H28N4O/c1-16(23-19-8-9-20(22)21(26)14-19)17(2)25-12-10-24(11-13-25)15-18-6-4-3-5-7-18/h3-9,14,17,23,26H,1,10-13,15,22H2,2H3. The van der Waals surface area contributed by atoms with Gasteiger partial charge >= 0.3 is 0 Å². The van der Waals surface area contributed by atoms with E-state index in [1.807, 2.05) is 6.07 Å². The highest BCUT2D eigenvalue weighted by Gasteiger charge is 2.22. The van der Waals surface area contributed by atoms with E-state index >= 15 is 0 Å². The third-order valence-electron chi connectivity index (χ3n) is 5.04. The zero-order valence-electron chi connectivity index (χ0n) is 15.4. The van der Waals surface area contributed by atoms with Gasteiger partial charge in [0.1, 0.15) is 5.75 Å². The normalized spacial score (nSPS) is 17.0. The smallest absolute Gasteiger partial charge is 0.140 e. The lowest BCUT2D eigenvalue weighted by Gasteiger charge is -2.38. The van der Waals surface area contributed by atoms with Crippen molar-refractivity contribution in [3.63, 3.8) is 0 Å². The second-order valence-electron chi connectivity index (χ2n) is 6.90. The van der Waals surface area contributed by atoms with Crippen LogP contribution in [-0.2, 0) is 6.54 Å². The van der Waals surface area contributed by atoms with Crippen molar-refractivity contribution in [1.82, 2.24) is 9.80 Å². The lowest BCUT2D eigenvalue weighted by atomic mass is 10.1. The first-order valence-corrected chi connectivity index (χ1v) is 9.07. The minimum absolute atomic E-state index is 0.0879. The molecule has 1 aliphatic heterocycles. The number of piperazine rings is 1. The van der Waals surface area contributed by atoms with E-state index in [0.29, 0.717) is 5.69 Å². The zero-order chi connectivity index (χ0) is 18.5. The molecule has 0 saturated carbocycles. The highest BCUT2D eigenvalue weighted by molar-refractivity contribution is 5.62. The van der Waals surface area contributed by atoms with E-state index in [-0.39, 0.29) is 11.8 Å². The van der Waals surface area contributed by atoms with Gasteiger partial charge in [0.05, 0.1) is 5.69 Å². The summed E-state index contributed by atoms with van der Waals surface area (Å²) in [5.74, 6) is 0.0879. The summed E-state index contributed by atoms with van der Waals surface area (Å²) in [5.41, 5.74) is 9.12. The van der Waals surface area contributed by atoms with Gasteiger partial charge in [-0.2, -0.15) is 0 Å². The first kappa shape index (κ1) is 18.3.